The van der Waals surface area contributed by atoms with Crippen LogP contribution in [0, 0.1) is 0 Å². The van der Waals surface area contributed by atoms with Crippen molar-refractivity contribution < 1.29 is 0 Å². The van der Waals surface area contributed by atoms with Crippen molar-refractivity contribution in [3.8, 4) is 0 Å². The van der Waals surface area contributed by atoms with Gasteiger partial charge in [-0.05, 0) is 24.6 Å². The van der Waals surface area contributed by atoms with Crippen molar-refractivity contribution >= 4 is 23.4 Å². The maximum Gasteiger partial charge on any atom is 0.239 e. The predicted molar refractivity (Wildman–Crippen MR) is 75.8 cm³/mol. The molecule has 7 heteroatoms. The fourth-order valence-electron chi connectivity index (χ4n) is 1.69. The molecule has 0 saturated carbocycles. The summed E-state index contributed by atoms with van der Waals surface area (Å²) < 4.78 is 0. The maximum atomic E-state index is 6.15. The number of rotatable bonds is 5. The number of nitrogens with one attached hydrogen (secondary N) is 1. The molecule has 0 spiro atoms. The highest BCUT2D eigenvalue weighted by Crippen LogP contribution is 2.24. The number of hydrogen-bond acceptors (Lipinski definition) is 6. The Labute approximate surface area is 116 Å². The summed E-state index contributed by atoms with van der Waals surface area (Å²) in [5.74, 6) is 6.31. The van der Waals surface area contributed by atoms with Gasteiger partial charge in [0.2, 0.25) is 5.95 Å². The molecule has 0 fully saturated rings. The molecule has 0 aliphatic carbocycles. The van der Waals surface area contributed by atoms with E-state index in [9.17, 15) is 0 Å². The van der Waals surface area contributed by atoms with Crippen LogP contribution in [0.2, 0.25) is 5.02 Å². The fourth-order valence-corrected chi connectivity index (χ4v) is 1.91. The van der Waals surface area contributed by atoms with Gasteiger partial charge in [-0.2, -0.15) is 4.98 Å². The van der Waals surface area contributed by atoms with Crippen LogP contribution >= 0.6 is 11.6 Å². The molecule has 2 rings (SSSR count). The van der Waals surface area contributed by atoms with E-state index in [0.29, 0.717) is 23.3 Å². The minimum Gasteiger partial charge on any atom is -0.351 e. The zero-order valence-electron chi connectivity index (χ0n) is 10.5. The van der Waals surface area contributed by atoms with Crippen LogP contribution in [0.3, 0.4) is 0 Å². The van der Waals surface area contributed by atoms with Crippen molar-refractivity contribution in [1.29, 1.82) is 0 Å². The van der Waals surface area contributed by atoms with Crippen LogP contribution in [-0.4, -0.2) is 21.5 Å². The molecule has 0 bridgehead atoms. The van der Waals surface area contributed by atoms with Gasteiger partial charge in [0, 0.05) is 25.5 Å². The lowest BCUT2D eigenvalue weighted by molar-refractivity contribution is 0.809. The molecule has 0 radical (unpaired) electrons. The molecule has 100 valence electrons. The summed E-state index contributed by atoms with van der Waals surface area (Å²) in [5.41, 5.74) is 3.55. The van der Waals surface area contributed by atoms with Crippen LogP contribution in [-0.2, 0) is 6.54 Å². The molecule has 2 heterocycles. The number of pyridine rings is 1. The van der Waals surface area contributed by atoms with E-state index >= 15 is 0 Å². The Morgan fingerprint density at radius 1 is 1.37 bits per heavy atom. The third-order valence-electron chi connectivity index (χ3n) is 2.66. The van der Waals surface area contributed by atoms with Gasteiger partial charge in [-0.25, -0.2) is 10.8 Å². The lowest BCUT2D eigenvalue weighted by atomic mass is 10.2. The second kappa shape index (κ2) is 6.31. The van der Waals surface area contributed by atoms with E-state index in [2.05, 4.69) is 20.4 Å². The second-order valence-electron chi connectivity index (χ2n) is 3.88. The molecular weight excluding hydrogens is 264 g/mol. The van der Waals surface area contributed by atoms with Crippen LogP contribution in [0.5, 0.6) is 0 Å². The van der Waals surface area contributed by atoms with Crippen molar-refractivity contribution in [2.45, 2.75) is 13.5 Å². The topological polar surface area (TPSA) is 80.0 Å². The van der Waals surface area contributed by atoms with E-state index in [0.717, 1.165) is 12.1 Å². The average molecular weight is 279 g/mol. The number of nitrogens with two attached hydrogens (primary N) is 1. The van der Waals surface area contributed by atoms with Crippen molar-refractivity contribution in [2.75, 3.05) is 16.9 Å². The first-order valence-corrected chi connectivity index (χ1v) is 6.25. The number of nitrogens with zero attached hydrogens (tertiary/aromatic N) is 4. The molecule has 0 aliphatic rings. The van der Waals surface area contributed by atoms with Gasteiger partial charge in [-0.15, -0.1) is 0 Å². The van der Waals surface area contributed by atoms with Gasteiger partial charge < -0.3 is 4.90 Å². The van der Waals surface area contributed by atoms with E-state index in [-0.39, 0.29) is 0 Å². The van der Waals surface area contributed by atoms with E-state index < -0.39 is 0 Å². The molecule has 6 nitrogen and oxygen atoms in total. The summed E-state index contributed by atoms with van der Waals surface area (Å²) in [6.07, 6.45) is 5.06. The molecule has 0 aromatic carbocycles. The minimum atomic E-state index is 0.340. The third-order valence-corrected chi connectivity index (χ3v) is 2.93. The van der Waals surface area contributed by atoms with E-state index in [1.54, 1.807) is 12.4 Å². The van der Waals surface area contributed by atoms with Gasteiger partial charge in [-0.1, -0.05) is 11.6 Å². The first kappa shape index (κ1) is 13.5. The van der Waals surface area contributed by atoms with Gasteiger partial charge in [0.25, 0.3) is 0 Å². The molecule has 2 aromatic heterocycles. The second-order valence-corrected chi connectivity index (χ2v) is 4.29. The first-order chi connectivity index (χ1) is 9.24. The molecule has 3 N–H and O–H groups in total. The maximum absolute atomic E-state index is 6.15. The Balaban J connectivity index is 2.26. The molecular formula is C12H15ClN6. The number of aromatic nitrogens is 3. The van der Waals surface area contributed by atoms with Crippen molar-refractivity contribution in [1.82, 2.24) is 15.0 Å². The van der Waals surface area contributed by atoms with Gasteiger partial charge in [0.05, 0.1) is 6.20 Å². The Morgan fingerprint density at radius 3 is 2.74 bits per heavy atom. The Morgan fingerprint density at radius 2 is 2.11 bits per heavy atom. The van der Waals surface area contributed by atoms with Gasteiger partial charge in [0.15, 0.2) is 5.82 Å². The Kier molecular flexibility index (Phi) is 4.48. The summed E-state index contributed by atoms with van der Waals surface area (Å²) in [4.78, 5) is 14.3. The molecule has 2 aromatic rings. The predicted octanol–water partition coefficient (Wildman–Crippen LogP) is 1.84. The highest BCUT2D eigenvalue weighted by molar-refractivity contribution is 6.32. The normalized spacial score (nSPS) is 10.3. The van der Waals surface area contributed by atoms with E-state index in [1.165, 1.54) is 6.20 Å². The molecule has 0 unspecified atom stereocenters. The summed E-state index contributed by atoms with van der Waals surface area (Å²) in [5, 5.41) is 0.495. The number of halogens is 1. The third kappa shape index (κ3) is 3.30. The van der Waals surface area contributed by atoms with Crippen LogP contribution < -0.4 is 16.2 Å². The minimum absolute atomic E-state index is 0.340. The first-order valence-electron chi connectivity index (χ1n) is 5.87. The molecule has 0 amide bonds. The summed E-state index contributed by atoms with van der Waals surface area (Å²) in [7, 11) is 0. The number of nitrogen functional groups attached to an aromatic ring is 1. The molecule has 0 saturated heterocycles. The zero-order chi connectivity index (χ0) is 13.7. The highest BCUT2D eigenvalue weighted by atomic mass is 35.5. The lowest BCUT2D eigenvalue weighted by Crippen LogP contribution is -2.24. The zero-order valence-corrected chi connectivity index (χ0v) is 11.3. The number of hydrazine groups is 1. The van der Waals surface area contributed by atoms with E-state index in [1.807, 2.05) is 24.0 Å². The van der Waals surface area contributed by atoms with Crippen LogP contribution in [0.1, 0.15) is 12.5 Å². The monoisotopic (exact) mass is 278 g/mol. The summed E-state index contributed by atoms with van der Waals surface area (Å²) in [6, 6.07) is 3.92. The highest BCUT2D eigenvalue weighted by Gasteiger charge is 2.12. The number of hydrogen-bond donors (Lipinski definition) is 2. The quantitative estimate of drug-likeness (QED) is 0.642. The Hall–Kier alpha value is -1.92. The molecule has 0 atom stereocenters. The summed E-state index contributed by atoms with van der Waals surface area (Å²) >= 11 is 6.15. The van der Waals surface area contributed by atoms with Crippen LogP contribution in [0.25, 0.3) is 0 Å². The van der Waals surface area contributed by atoms with Gasteiger partial charge >= 0.3 is 0 Å². The van der Waals surface area contributed by atoms with Crippen LogP contribution in [0.4, 0.5) is 11.8 Å². The van der Waals surface area contributed by atoms with Crippen molar-refractivity contribution in [2.24, 2.45) is 5.84 Å². The SMILES string of the molecule is CCN(Cc1ccncc1)c1nc(NN)ncc1Cl. The molecule has 0 aliphatic heterocycles. The van der Waals surface area contributed by atoms with Gasteiger partial charge in [-0.3, -0.25) is 10.4 Å². The fraction of sp³-hybridized carbons (Fsp3) is 0.250. The van der Waals surface area contributed by atoms with Gasteiger partial charge in [0.1, 0.15) is 5.02 Å². The average Bonchev–Trinajstić information content (AvgIpc) is 2.47. The lowest BCUT2D eigenvalue weighted by Gasteiger charge is -2.23. The van der Waals surface area contributed by atoms with Crippen molar-refractivity contribution in [3.05, 3.63) is 41.3 Å². The summed E-state index contributed by atoms with van der Waals surface area (Å²) in [6.45, 7) is 3.50. The van der Waals surface area contributed by atoms with Crippen molar-refractivity contribution in [3.63, 3.8) is 0 Å². The number of anilines is 2. The Bertz CT molecular complexity index is 533. The van der Waals surface area contributed by atoms with Crippen LogP contribution in [0.15, 0.2) is 30.7 Å². The van der Waals surface area contributed by atoms with E-state index in [4.69, 9.17) is 17.4 Å². The standard InChI is InChI=1S/C12H15ClN6/c1-2-19(8-9-3-5-15-6-4-9)11-10(13)7-16-12(17-11)18-14/h3-7H,2,8,14H2,1H3,(H,16,17,18). The smallest absolute Gasteiger partial charge is 0.239 e. The largest absolute Gasteiger partial charge is 0.351 e. The molecule has 19 heavy (non-hydrogen) atoms.